The van der Waals surface area contributed by atoms with Crippen molar-refractivity contribution in [2.24, 2.45) is 4.99 Å². The van der Waals surface area contributed by atoms with Crippen molar-refractivity contribution in [2.75, 3.05) is 20.4 Å². The molecule has 0 radical (unpaired) electrons. The zero-order chi connectivity index (χ0) is 18.5. The van der Waals surface area contributed by atoms with Crippen molar-refractivity contribution >= 4 is 17.0 Å². The Kier molecular flexibility index (Phi) is 5.09. The molecule has 3 aromatic rings. The Morgan fingerprint density at radius 2 is 2.04 bits per heavy atom. The topological polar surface area (TPSA) is 72.7 Å². The number of ether oxygens (including phenoxy) is 2. The summed E-state index contributed by atoms with van der Waals surface area (Å²) in [5.41, 5.74) is 3.32. The molecule has 0 unspecified atom stereocenters. The van der Waals surface area contributed by atoms with E-state index in [-0.39, 0.29) is 0 Å². The average molecular weight is 365 g/mol. The third kappa shape index (κ3) is 3.97. The summed E-state index contributed by atoms with van der Waals surface area (Å²) in [4.78, 5) is 8.70. The molecule has 7 heteroatoms. The molecule has 0 bridgehead atoms. The lowest BCUT2D eigenvalue weighted by Gasteiger charge is -2.12. The number of rotatable bonds is 6. The second-order valence-electron chi connectivity index (χ2n) is 6.32. The number of imidazole rings is 1. The predicted molar refractivity (Wildman–Crippen MR) is 105 cm³/mol. The van der Waals surface area contributed by atoms with Crippen molar-refractivity contribution in [3.8, 4) is 11.5 Å². The first-order valence-electron chi connectivity index (χ1n) is 9.06. The normalized spacial score (nSPS) is 13.1. The lowest BCUT2D eigenvalue weighted by Crippen LogP contribution is -2.37. The highest BCUT2D eigenvalue weighted by Crippen LogP contribution is 2.32. The summed E-state index contributed by atoms with van der Waals surface area (Å²) in [6.45, 7) is 2.70. The van der Waals surface area contributed by atoms with Gasteiger partial charge in [0.15, 0.2) is 17.5 Å². The monoisotopic (exact) mass is 365 g/mol. The molecular formula is C20H23N5O2. The van der Waals surface area contributed by atoms with Gasteiger partial charge < -0.3 is 24.7 Å². The van der Waals surface area contributed by atoms with Gasteiger partial charge in [-0.3, -0.25) is 4.99 Å². The smallest absolute Gasteiger partial charge is 0.231 e. The second-order valence-corrected chi connectivity index (χ2v) is 6.32. The van der Waals surface area contributed by atoms with Gasteiger partial charge in [-0.25, -0.2) is 4.98 Å². The molecule has 0 fully saturated rings. The second kappa shape index (κ2) is 7.99. The van der Waals surface area contributed by atoms with Gasteiger partial charge in [-0.1, -0.05) is 18.2 Å². The Labute approximate surface area is 158 Å². The number of fused-ring (bicyclic) bond motifs is 2. The van der Waals surface area contributed by atoms with Gasteiger partial charge in [0.05, 0.1) is 17.4 Å². The summed E-state index contributed by atoms with van der Waals surface area (Å²) in [6, 6.07) is 14.1. The lowest BCUT2D eigenvalue weighted by atomic mass is 10.2. The Morgan fingerprint density at radius 3 is 2.96 bits per heavy atom. The number of nitrogens with zero attached hydrogens (tertiary/aromatic N) is 3. The number of aliphatic imine (C=N–C) groups is 1. The van der Waals surface area contributed by atoms with E-state index in [1.54, 1.807) is 7.05 Å². The highest BCUT2D eigenvalue weighted by Gasteiger charge is 2.13. The van der Waals surface area contributed by atoms with Crippen LogP contribution in [0, 0.1) is 0 Å². The molecule has 140 valence electrons. The maximum absolute atomic E-state index is 5.41. The Hall–Kier alpha value is -3.22. The minimum atomic E-state index is 0.293. The molecule has 0 amide bonds. The van der Waals surface area contributed by atoms with Crippen LogP contribution in [0.25, 0.3) is 11.0 Å². The molecule has 0 saturated heterocycles. The van der Waals surface area contributed by atoms with E-state index in [1.807, 2.05) is 42.7 Å². The van der Waals surface area contributed by atoms with Gasteiger partial charge in [0.25, 0.3) is 0 Å². The van der Waals surface area contributed by atoms with Gasteiger partial charge in [-0.05, 0) is 36.2 Å². The van der Waals surface area contributed by atoms with Gasteiger partial charge in [-0.2, -0.15) is 0 Å². The number of benzene rings is 2. The van der Waals surface area contributed by atoms with Crippen LogP contribution < -0.4 is 20.1 Å². The first-order chi connectivity index (χ1) is 13.3. The van der Waals surface area contributed by atoms with Crippen LogP contribution in [-0.2, 0) is 13.1 Å². The third-order valence-electron chi connectivity index (χ3n) is 4.52. The fourth-order valence-corrected chi connectivity index (χ4v) is 3.10. The van der Waals surface area contributed by atoms with Crippen molar-refractivity contribution in [2.45, 2.75) is 19.5 Å². The molecule has 7 nitrogen and oxygen atoms in total. The van der Waals surface area contributed by atoms with Crippen LogP contribution in [0.15, 0.2) is 53.8 Å². The summed E-state index contributed by atoms with van der Waals surface area (Å²) < 4.78 is 12.9. The lowest BCUT2D eigenvalue weighted by molar-refractivity contribution is 0.174. The van der Waals surface area contributed by atoms with E-state index in [2.05, 4.69) is 31.2 Å². The standard InChI is InChI=1S/C20H23N5O2/c1-21-20(23-12-15-7-8-18-19(11-15)27-14-26-18)22-9-4-10-25-13-24-16-5-2-3-6-17(16)25/h2-3,5-8,11,13H,4,9-10,12,14H2,1H3,(H2,21,22,23). The van der Waals surface area contributed by atoms with Crippen molar-refractivity contribution in [3.63, 3.8) is 0 Å². The first kappa shape index (κ1) is 17.2. The van der Waals surface area contributed by atoms with Crippen LogP contribution in [0.2, 0.25) is 0 Å². The van der Waals surface area contributed by atoms with Crippen LogP contribution in [0.1, 0.15) is 12.0 Å². The SMILES string of the molecule is CN=C(NCCCn1cnc2ccccc21)NCc1ccc2c(c1)OCO2. The zero-order valence-corrected chi connectivity index (χ0v) is 15.3. The first-order valence-corrected chi connectivity index (χ1v) is 9.06. The summed E-state index contributed by atoms with van der Waals surface area (Å²) >= 11 is 0. The summed E-state index contributed by atoms with van der Waals surface area (Å²) in [6.07, 6.45) is 2.88. The van der Waals surface area contributed by atoms with E-state index >= 15 is 0 Å². The minimum absolute atomic E-state index is 0.293. The van der Waals surface area contributed by atoms with E-state index in [4.69, 9.17) is 9.47 Å². The number of aryl methyl sites for hydroxylation is 1. The van der Waals surface area contributed by atoms with Gasteiger partial charge in [0.1, 0.15) is 0 Å². The molecule has 0 saturated carbocycles. The highest BCUT2D eigenvalue weighted by atomic mass is 16.7. The summed E-state index contributed by atoms with van der Waals surface area (Å²) in [5.74, 6) is 2.38. The maximum Gasteiger partial charge on any atom is 0.231 e. The van der Waals surface area contributed by atoms with Gasteiger partial charge in [0.2, 0.25) is 6.79 Å². The Morgan fingerprint density at radius 1 is 1.15 bits per heavy atom. The molecule has 4 rings (SSSR count). The van der Waals surface area contributed by atoms with Crippen LogP contribution in [-0.4, -0.2) is 35.9 Å². The summed E-state index contributed by atoms with van der Waals surface area (Å²) in [7, 11) is 1.78. The minimum Gasteiger partial charge on any atom is -0.454 e. The van der Waals surface area contributed by atoms with E-state index in [1.165, 1.54) is 5.52 Å². The largest absolute Gasteiger partial charge is 0.454 e. The predicted octanol–water partition coefficient (Wildman–Crippen LogP) is 2.52. The van der Waals surface area contributed by atoms with Crippen molar-refractivity contribution < 1.29 is 9.47 Å². The molecule has 1 aliphatic heterocycles. The summed E-state index contributed by atoms with van der Waals surface area (Å²) in [5, 5.41) is 6.68. The van der Waals surface area contributed by atoms with Gasteiger partial charge in [-0.15, -0.1) is 0 Å². The highest BCUT2D eigenvalue weighted by molar-refractivity contribution is 5.79. The van der Waals surface area contributed by atoms with E-state index < -0.39 is 0 Å². The number of hydrogen-bond acceptors (Lipinski definition) is 4. The maximum atomic E-state index is 5.41. The number of aromatic nitrogens is 2. The van der Waals surface area contributed by atoms with Crippen molar-refractivity contribution in [1.29, 1.82) is 0 Å². The van der Waals surface area contributed by atoms with E-state index in [9.17, 15) is 0 Å². The Balaban J connectivity index is 1.23. The quantitative estimate of drug-likeness (QED) is 0.399. The molecule has 0 spiro atoms. The fourth-order valence-electron chi connectivity index (χ4n) is 3.10. The molecule has 1 aromatic heterocycles. The van der Waals surface area contributed by atoms with Gasteiger partial charge >= 0.3 is 0 Å². The molecule has 2 aromatic carbocycles. The molecule has 2 heterocycles. The van der Waals surface area contributed by atoms with Crippen LogP contribution >= 0.6 is 0 Å². The molecule has 2 N–H and O–H groups in total. The molecule has 1 aliphatic rings. The average Bonchev–Trinajstić information content (AvgIpc) is 3.34. The van der Waals surface area contributed by atoms with E-state index in [0.29, 0.717) is 13.3 Å². The fraction of sp³-hybridized carbons (Fsp3) is 0.300. The van der Waals surface area contributed by atoms with Crippen LogP contribution in [0.4, 0.5) is 0 Å². The van der Waals surface area contributed by atoms with E-state index in [0.717, 1.165) is 48.0 Å². The van der Waals surface area contributed by atoms with Gasteiger partial charge in [0, 0.05) is 26.7 Å². The zero-order valence-electron chi connectivity index (χ0n) is 15.3. The molecule has 0 aliphatic carbocycles. The number of para-hydroxylation sites is 2. The number of hydrogen-bond donors (Lipinski definition) is 2. The molecular weight excluding hydrogens is 342 g/mol. The third-order valence-corrected chi connectivity index (χ3v) is 4.52. The number of nitrogens with one attached hydrogen (secondary N) is 2. The van der Waals surface area contributed by atoms with Crippen LogP contribution in [0.3, 0.4) is 0 Å². The number of guanidine groups is 1. The van der Waals surface area contributed by atoms with Crippen molar-refractivity contribution in [1.82, 2.24) is 20.2 Å². The van der Waals surface area contributed by atoms with Crippen LogP contribution in [0.5, 0.6) is 11.5 Å². The molecule has 27 heavy (non-hydrogen) atoms. The Bertz CT molecular complexity index is 950. The van der Waals surface area contributed by atoms with Crippen molar-refractivity contribution in [3.05, 3.63) is 54.4 Å². The molecule has 0 atom stereocenters.